The molecule has 0 aliphatic carbocycles. The van der Waals surface area contributed by atoms with E-state index in [4.69, 9.17) is 9.26 Å². The van der Waals surface area contributed by atoms with E-state index in [1.165, 1.54) is 6.20 Å². The Labute approximate surface area is 157 Å². The number of hydrogen-bond donors (Lipinski definition) is 0. The minimum absolute atomic E-state index is 0.0525. The molecular weight excluding hydrogens is 346 g/mol. The zero-order chi connectivity index (χ0) is 18.6. The van der Waals surface area contributed by atoms with Crippen molar-refractivity contribution in [3.05, 3.63) is 42.1 Å². The van der Waals surface area contributed by atoms with Crippen molar-refractivity contribution >= 4 is 11.8 Å². The number of ether oxygens (including phenoxy) is 1. The van der Waals surface area contributed by atoms with Crippen LogP contribution in [0.3, 0.4) is 0 Å². The Kier molecular flexibility index (Phi) is 5.20. The minimum Gasteiger partial charge on any atom is -0.368 e. The van der Waals surface area contributed by atoms with E-state index in [1.807, 2.05) is 35.2 Å². The number of nitrogens with zero attached hydrogens (tertiary/aromatic N) is 3. The molecule has 7 heteroatoms. The van der Waals surface area contributed by atoms with E-state index in [0.29, 0.717) is 44.1 Å². The van der Waals surface area contributed by atoms with Gasteiger partial charge < -0.3 is 19.1 Å². The van der Waals surface area contributed by atoms with Gasteiger partial charge in [-0.25, -0.2) is 0 Å². The van der Waals surface area contributed by atoms with E-state index in [1.54, 1.807) is 4.90 Å². The molecule has 27 heavy (non-hydrogen) atoms. The number of rotatable bonds is 3. The zero-order valence-corrected chi connectivity index (χ0v) is 15.2. The van der Waals surface area contributed by atoms with E-state index in [-0.39, 0.29) is 17.9 Å². The average molecular weight is 369 g/mol. The lowest BCUT2D eigenvalue weighted by Gasteiger charge is -2.24. The fraction of sp³-hybridized carbons (Fsp3) is 0.450. The third-order valence-electron chi connectivity index (χ3n) is 5.14. The van der Waals surface area contributed by atoms with Gasteiger partial charge in [-0.05, 0) is 19.3 Å². The van der Waals surface area contributed by atoms with Crippen LogP contribution >= 0.6 is 0 Å². The Balaban J connectivity index is 1.45. The van der Waals surface area contributed by atoms with Crippen molar-refractivity contribution in [1.82, 2.24) is 15.0 Å². The van der Waals surface area contributed by atoms with Gasteiger partial charge in [-0.2, -0.15) is 0 Å². The summed E-state index contributed by atoms with van der Waals surface area (Å²) < 4.78 is 10.9. The molecule has 3 heterocycles. The van der Waals surface area contributed by atoms with Crippen LogP contribution in [0.4, 0.5) is 0 Å². The number of carbonyl (C=O) groups excluding carboxylic acids is 2. The monoisotopic (exact) mass is 369 g/mol. The molecule has 0 unspecified atom stereocenters. The highest BCUT2D eigenvalue weighted by molar-refractivity contribution is 5.99. The van der Waals surface area contributed by atoms with Gasteiger partial charge in [-0.15, -0.1) is 0 Å². The number of aromatic nitrogens is 1. The maximum atomic E-state index is 13.0. The summed E-state index contributed by atoms with van der Waals surface area (Å²) in [6.07, 6.45) is 3.64. The van der Waals surface area contributed by atoms with Crippen LogP contribution in [0, 0.1) is 0 Å². The van der Waals surface area contributed by atoms with Crippen molar-refractivity contribution in [3.8, 4) is 11.3 Å². The lowest BCUT2D eigenvalue weighted by atomic mass is 10.1. The second-order valence-corrected chi connectivity index (χ2v) is 6.91. The lowest BCUT2D eigenvalue weighted by molar-refractivity contribution is -0.140. The molecule has 2 amide bonds. The topological polar surface area (TPSA) is 75.9 Å². The molecule has 0 radical (unpaired) electrons. The fourth-order valence-electron chi connectivity index (χ4n) is 3.68. The third-order valence-corrected chi connectivity index (χ3v) is 5.14. The van der Waals surface area contributed by atoms with Crippen LogP contribution in [-0.4, -0.2) is 65.7 Å². The Morgan fingerprint density at radius 3 is 2.56 bits per heavy atom. The molecule has 0 saturated carbocycles. The second-order valence-electron chi connectivity index (χ2n) is 6.91. The molecule has 4 rings (SSSR count). The van der Waals surface area contributed by atoms with E-state index >= 15 is 0 Å². The standard InChI is InChI=1S/C20H23N3O4/c24-19(16-14-21-27-18(16)15-6-2-1-3-7-15)22-9-5-10-23(12-11-22)20(25)17-8-4-13-26-17/h1-3,6-7,14,17H,4-5,8-13H2/t17-/m1/s1. The summed E-state index contributed by atoms with van der Waals surface area (Å²) in [5.74, 6) is 0.426. The Morgan fingerprint density at radius 1 is 1.00 bits per heavy atom. The second kappa shape index (κ2) is 7.92. The minimum atomic E-state index is -0.310. The molecule has 1 aromatic heterocycles. The zero-order valence-electron chi connectivity index (χ0n) is 15.2. The SMILES string of the molecule is O=C(c1cnoc1-c1ccccc1)N1CCCN(C(=O)[C@H]2CCCO2)CC1. The van der Waals surface area contributed by atoms with E-state index < -0.39 is 0 Å². The highest BCUT2D eigenvalue weighted by Crippen LogP contribution is 2.25. The molecule has 2 aliphatic rings. The van der Waals surface area contributed by atoms with Gasteiger partial charge in [0.1, 0.15) is 11.7 Å². The van der Waals surface area contributed by atoms with Crippen LogP contribution in [-0.2, 0) is 9.53 Å². The summed E-state index contributed by atoms with van der Waals surface area (Å²) in [5.41, 5.74) is 1.28. The maximum Gasteiger partial charge on any atom is 0.259 e. The largest absolute Gasteiger partial charge is 0.368 e. The molecule has 2 saturated heterocycles. The van der Waals surface area contributed by atoms with Crippen LogP contribution in [0.5, 0.6) is 0 Å². The van der Waals surface area contributed by atoms with Gasteiger partial charge >= 0.3 is 0 Å². The van der Waals surface area contributed by atoms with Gasteiger partial charge in [0.15, 0.2) is 5.76 Å². The van der Waals surface area contributed by atoms with E-state index in [0.717, 1.165) is 24.8 Å². The van der Waals surface area contributed by atoms with Crippen molar-refractivity contribution in [1.29, 1.82) is 0 Å². The normalized spacial score (nSPS) is 20.5. The predicted octanol–water partition coefficient (Wildman–Crippen LogP) is 2.20. The molecule has 2 fully saturated rings. The van der Waals surface area contributed by atoms with Gasteiger partial charge in [0.25, 0.3) is 11.8 Å². The molecule has 2 aliphatic heterocycles. The highest BCUT2D eigenvalue weighted by atomic mass is 16.5. The molecule has 7 nitrogen and oxygen atoms in total. The first-order valence-electron chi connectivity index (χ1n) is 9.44. The first kappa shape index (κ1) is 17.7. The molecule has 142 valence electrons. The fourth-order valence-corrected chi connectivity index (χ4v) is 3.68. The maximum absolute atomic E-state index is 13.0. The molecule has 1 aromatic carbocycles. The van der Waals surface area contributed by atoms with Crippen LogP contribution in [0.1, 0.15) is 29.6 Å². The van der Waals surface area contributed by atoms with Crippen LogP contribution in [0.2, 0.25) is 0 Å². The van der Waals surface area contributed by atoms with Crippen molar-refractivity contribution in [2.45, 2.75) is 25.4 Å². The molecular formula is C20H23N3O4. The summed E-state index contributed by atoms with van der Waals surface area (Å²) in [7, 11) is 0. The molecule has 0 bridgehead atoms. The summed E-state index contributed by atoms with van der Waals surface area (Å²) in [6, 6.07) is 9.48. The molecule has 0 N–H and O–H groups in total. The lowest BCUT2D eigenvalue weighted by Crippen LogP contribution is -2.41. The van der Waals surface area contributed by atoms with Crippen molar-refractivity contribution in [3.63, 3.8) is 0 Å². The van der Waals surface area contributed by atoms with Crippen molar-refractivity contribution in [2.75, 3.05) is 32.8 Å². The number of benzene rings is 1. The first-order valence-corrected chi connectivity index (χ1v) is 9.44. The van der Waals surface area contributed by atoms with Gasteiger partial charge in [0, 0.05) is 38.3 Å². The summed E-state index contributed by atoms with van der Waals surface area (Å²) in [4.78, 5) is 29.2. The molecule has 2 aromatic rings. The van der Waals surface area contributed by atoms with Gasteiger partial charge in [-0.3, -0.25) is 9.59 Å². The van der Waals surface area contributed by atoms with Gasteiger partial charge in [0.05, 0.1) is 6.20 Å². The van der Waals surface area contributed by atoms with E-state index in [9.17, 15) is 9.59 Å². The van der Waals surface area contributed by atoms with Crippen molar-refractivity contribution in [2.24, 2.45) is 0 Å². The number of carbonyl (C=O) groups is 2. The van der Waals surface area contributed by atoms with Crippen LogP contribution in [0.25, 0.3) is 11.3 Å². The summed E-state index contributed by atoms with van der Waals surface area (Å²) in [5, 5.41) is 3.83. The average Bonchev–Trinajstić information content (AvgIpc) is 3.35. The van der Waals surface area contributed by atoms with Gasteiger partial charge in [-0.1, -0.05) is 35.5 Å². The number of amides is 2. The Hall–Kier alpha value is -2.67. The predicted molar refractivity (Wildman–Crippen MR) is 98.0 cm³/mol. The smallest absolute Gasteiger partial charge is 0.259 e. The molecule has 1 atom stereocenters. The van der Waals surface area contributed by atoms with Gasteiger partial charge in [0.2, 0.25) is 0 Å². The summed E-state index contributed by atoms with van der Waals surface area (Å²) in [6.45, 7) is 2.93. The van der Waals surface area contributed by atoms with E-state index in [2.05, 4.69) is 5.16 Å². The Bertz CT molecular complexity index is 799. The van der Waals surface area contributed by atoms with Crippen LogP contribution in [0.15, 0.2) is 41.1 Å². The first-order chi connectivity index (χ1) is 13.2. The Morgan fingerprint density at radius 2 is 1.78 bits per heavy atom. The van der Waals surface area contributed by atoms with Crippen molar-refractivity contribution < 1.29 is 18.8 Å². The third kappa shape index (κ3) is 3.73. The van der Waals surface area contributed by atoms with Crippen LogP contribution < -0.4 is 0 Å². The molecule has 0 spiro atoms. The number of hydrogen-bond acceptors (Lipinski definition) is 5. The quantitative estimate of drug-likeness (QED) is 0.829. The summed E-state index contributed by atoms with van der Waals surface area (Å²) >= 11 is 0. The highest BCUT2D eigenvalue weighted by Gasteiger charge is 2.31.